The van der Waals surface area contributed by atoms with E-state index in [1.165, 1.54) is 32.1 Å². The minimum absolute atomic E-state index is 0.209. The molecule has 0 amide bonds. The van der Waals surface area contributed by atoms with Crippen LogP contribution in [-0.2, 0) is 20.6 Å². The molecule has 0 N–H and O–H groups in total. The van der Waals surface area contributed by atoms with Crippen LogP contribution in [0.1, 0.15) is 70.8 Å². The number of benzene rings is 1. The van der Waals surface area contributed by atoms with E-state index in [1.807, 2.05) is 19.3 Å². The zero-order chi connectivity index (χ0) is 27.7. The Morgan fingerprint density at radius 2 is 1.24 bits per heavy atom. The van der Waals surface area contributed by atoms with Crippen LogP contribution < -0.4 is 4.74 Å². The van der Waals surface area contributed by atoms with Crippen molar-refractivity contribution in [3.8, 4) is 17.1 Å². The predicted octanol–water partition coefficient (Wildman–Crippen LogP) is 7.46. The zero-order valence-corrected chi connectivity index (χ0v) is 22.4. The molecule has 214 valence electrons. The first-order valence-electron chi connectivity index (χ1n) is 13.4. The molecule has 1 aromatic heterocycles. The Bertz CT molecular complexity index is 883. The van der Waals surface area contributed by atoms with Crippen LogP contribution in [0.4, 0.5) is 17.6 Å². The number of aryl methyl sites for hydroxylation is 1. The molecule has 1 heterocycles. The molecule has 2 aromatic rings. The molecule has 1 aromatic carbocycles. The number of nitrogens with zero attached hydrogens (tertiary/aromatic N) is 2. The third kappa shape index (κ3) is 11.6. The third-order valence-corrected chi connectivity index (χ3v) is 5.76. The first-order chi connectivity index (χ1) is 18.3. The molecule has 0 bridgehead atoms. The van der Waals surface area contributed by atoms with Gasteiger partial charge in [-0.2, -0.15) is 17.6 Å². The molecule has 0 spiro atoms. The summed E-state index contributed by atoms with van der Waals surface area (Å²) in [6, 6.07) is 6.71. The van der Waals surface area contributed by atoms with Crippen LogP contribution in [0.3, 0.4) is 0 Å². The third-order valence-electron chi connectivity index (χ3n) is 5.76. The average molecular weight is 545 g/mol. The molecule has 0 aliphatic rings. The number of hydrogen-bond donors (Lipinski definition) is 0. The van der Waals surface area contributed by atoms with Gasteiger partial charge in [0, 0.05) is 24.6 Å². The van der Waals surface area contributed by atoms with Crippen molar-refractivity contribution in [3.05, 3.63) is 42.2 Å². The number of ether oxygens (including phenoxy) is 4. The van der Waals surface area contributed by atoms with Gasteiger partial charge in [-0.15, -0.1) is 0 Å². The SMILES string of the molecule is CCCCCCCCc1cnc(-c2ccc(OCCOC(F)(F)C(F)(F)OCCOCCCC)cc2)nc1. The van der Waals surface area contributed by atoms with Crippen molar-refractivity contribution in [2.24, 2.45) is 0 Å². The van der Waals surface area contributed by atoms with E-state index in [1.54, 1.807) is 24.3 Å². The molecular weight excluding hydrogens is 504 g/mol. The zero-order valence-electron chi connectivity index (χ0n) is 22.4. The Morgan fingerprint density at radius 3 is 1.87 bits per heavy atom. The fourth-order valence-electron chi connectivity index (χ4n) is 3.52. The predicted molar refractivity (Wildman–Crippen MR) is 138 cm³/mol. The first-order valence-corrected chi connectivity index (χ1v) is 13.4. The van der Waals surface area contributed by atoms with Gasteiger partial charge in [0.2, 0.25) is 0 Å². The summed E-state index contributed by atoms with van der Waals surface area (Å²) in [6.45, 7) is 2.50. The first kappa shape index (κ1) is 31.9. The van der Waals surface area contributed by atoms with Gasteiger partial charge < -0.3 is 18.9 Å². The van der Waals surface area contributed by atoms with E-state index in [4.69, 9.17) is 9.47 Å². The molecule has 6 nitrogen and oxygen atoms in total. The van der Waals surface area contributed by atoms with Gasteiger partial charge in [0.1, 0.15) is 12.4 Å². The van der Waals surface area contributed by atoms with Gasteiger partial charge in [0.25, 0.3) is 0 Å². The Morgan fingerprint density at radius 1 is 0.658 bits per heavy atom. The summed E-state index contributed by atoms with van der Waals surface area (Å²) in [5.41, 5.74) is 1.86. The van der Waals surface area contributed by atoms with Crippen molar-refractivity contribution >= 4 is 0 Å². The summed E-state index contributed by atoms with van der Waals surface area (Å²) in [5, 5.41) is 0. The van der Waals surface area contributed by atoms with E-state index in [0.29, 0.717) is 18.2 Å². The molecule has 10 heteroatoms. The monoisotopic (exact) mass is 544 g/mol. The summed E-state index contributed by atoms with van der Waals surface area (Å²) in [5.74, 6) is 0.928. The lowest BCUT2D eigenvalue weighted by Gasteiger charge is -2.25. The van der Waals surface area contributed by atoms with Crippen molar-refractivity contribution in [3.63, 3.8) is 0 Å². The fourth-order valence-corrected chi connectivity index (χ4v) is 3.52. The molecule has 0 atom stereocenters. The van der Waals surface area contributed by atoms with Crippen LogP contribution in [0.2, 0.25) is 0 Å². The van der Waals surface area contributed by atoms with Crippen LogP contribution in [-0.4, -0.2) is 55.2 Å². The molecule has 0 unspecified atom stereocenters. The highest BCUT2D eigenvalue weighted by Crippen LogP contribution is 2.36. The highest BCUT2D eigenvalue weighted by atomic mass is 19.3. The highest BCUT2D eigenvalue weighted by Gasteiger charge is 2.59. The topological polar surface area (TPSA) is 62.7 Å². The maximum atomic E-state index is 13.8. The second-order valence-corrected chi connectivity index (χ2v) is 9.00. The van der Waals surface area contributed by atoms with Crippen LogP contribution in [0.25, 0.3) is 11.4 Å². The normalized spacial score (nSPS) is 12.2. The molecule has 0 radical (unpaired) electrons. The summed E-state index contributed by atoms with van der Waals surface area (Å²) in [4.78, 5) is 8.85. The Balaban J connectivity index is 1.70. The van der Waals surface area contributed by atoms with Crippen molar-refractivity contribution in [2.45, 2.75) is 83.9 Å². The van der Waals surface area contributed by atoms with Gasteiger partial charge in [-0.1, -0.05) is 52.4 Å². The van der Waals surface area contributed by atoms with Gasteiger partial charge in [-0.3, -0.25) is 0 Å². The minimum Gasteiger partial charge on any atom is -0.491 e. The minimum atomic E-state index is -4.80. The lowest BCUT2D eigenvalue weighted by Crippen LogP contribution is -2.46. The number of aromatic nitrogens is 2. The number of rotatable bonds is 21. The van der Waals surface area contributed by atoms with Crippen LogP contribution in [0.5, 0.6) is 5.75 Å². The van der Waals surface area contributed by atoms with E-state index < -0.39 is 25.4 Å². The number of unbranched alkanes of at least 4 members (excludes halogenated alkanes) is 6. The average Bonchev–Trinajstić information content (AvgIpc) is 2.91. The van der Waals surface area contributed by atoms with Crippen molar-refractivity contribution in [1.82, 2.24) is 9.97 Å². The maximum absolute atomic E-state index is 13.8. The number of hydrogen-bond acceptors (Lipinski definition) is 6. The smallest absolute Gasteiger partial charge is 0.448 e. The van der Waals surface area contributed by atoms with Gasteiger partial charge in [0.15, 0.2) is 5.82 Å². The van der Waals surface area contributed by atoms with Gasteiger partial charge >= 0.3 is 12.2 Å². The second-order valence-electron chi connectivity index (χ2n) is 9.00. The molecule has 0 saturated carbocycles. The van der Waals surface area contributed by atoms with Crippen molar-refractivity contribution < 1.29 is 36.5 Å². The molecule has 0 aliphatic carbocycles. The van der Waals surface area contributed by atoms with Crippen LogP contribution in [0.15, 0.2) is 36.7 Å². The highest BCUT2D eigenvalue weighted by molar-refractivity contribution is 5.55. The van der Waals surface area contributed by atoms with E-state index in [-0.39, 0.29) is 13.2 Å². The summed E-state index contributed by atoms with van der Waals surface area (Å²) in [6.07, 6.45) is 4.03. The van der Waals surface area contributed by atoms with Crippen LogP contribution in [0, 0.1) is 0 Å². The van der Waals surface area contributed by atoms with E-state index in [9.17, 15) is 17.6 Å². The van der Waals surface area contributed by atoms with Gasteiger partial charge in [-0.25, -0.2) is 9.97 Å². The Labute approximate surface area is 223 Å². The van der Waals surface area contributed by atoms with Crippen molar-refractivity contribution in [2.75, 3.05) is 33.0 Å². The Kier molecular flexibility index (Phi) is 14.5. The van der Waals surface area contributed by atoms with Crippen molar-refractivity contribution in [1.29, 1.82) is 0 Å². The molecule has 0 fully saturated rings. The standard InChI is InChI=1S/C28H40F4N2O4/c1-3-5-7-8-9-10-11-23-21-33-26(34-22-23)24-12-14-25(15-13-24)36-18-20-38-28(31,32)27(29,30)37-19-17-35-16-6-4-2/h12-15,21-22H,3-11,16-20H2,1-2H3. The summed E-state index contributed by atoms with van der Waals surface area (Å²) < 4.78 is 73.3. The van der Waals surface area contributed by atoms with E-state index in [2.05, 4.69) is 26.4 Å². The quantitative estimate of drug-likeness (QED) is 0.120. The maximum Gasteiger partial charge on any atom is 0.448 e. The molecule has 2 rings (SSSR count). The number of alkyl halides is 4. The van der Waals surface area contributed by atoms with Gasteiger partial charge in [-0.05, 0) is 49.1 Å². The molecular formula is C28H40F4N2O4. The van der Waals surface area contributed by atoms with E-state index in [0.717, 1.165) is 36.8 Å². The second kappa shape index (κ2) is 17.3. The number of halogens is 4. The van der Waals surface area contributed by atoms with E-state index >= 15 is 0 Å². The lowest BCUT2D eigenvalue weighted by atomic mass is 10.1. The largest absolute Gasteiger partial charge is 0.491 e. The molecule has 0 saturated heterocycles. The fraction of sp³-hybridized carbons (Fsp3) is 0.643. The molecule has 0 aliphatic heterocycles. The van der Waals surface area contributed by atoms with Gasteiger partial charge in [0.05, 0.1) is 19.8 Å². The summed E-state index contributed by atoms with van der Waals surface area (Å²) >= 11 is 0. The van der Waals surface area contributed by atoms with Crippen LogP contribution >= 0.6 is 0 Å². The Hall–Kier alpha value is -2.30. The summed E-state index contributed by atoms with van der Waals surface area (Å²) in [7, 11) is 0. The molecule has 38 heavy (non-hydrogen) atoms. The lowest BCUT2D eigenvalue weighted by molar-refractivity contribution is -0.431.